The minimum atomic E-state index is -0.574. The SMILES string of the molecule is CCOC(=O)C=C(c1ccc(-c2ccccc2)cc1)n1ccc2cc(OCCc3ccc4c(n3)N(C(=O)OC(C)(C)C)CCC4)ccc21. The lowest BCUT2D eigenvalue weighted by Gasteiger charge is -2.31. The fourth-order valence-electron chi connectivity index (χ4n) is 5.86. The molecule has 0 atom stereocenters. The fourth-order valence-corrected chi connectivity index (χ4v) is 5.86. The Morgan fingerprint density at radius 3 is 2.44 bits per heavy atom. The molecule has 0 radical (unpaired) electrons. The van der Waals surface area contributed by atoms with Crippen molar-refractivity contribution in [3.8, 4) is 16.9 Å². The van der Waals surface area contributed by atoms with Crippen molar-refractivity contribution in [2.45, 2.75) is 52.6 Å². The van der Waals surface area contributed by atoms with E-state index in [1.807, 2.05) is 92.2 Å². The third-order valence-electron chi connectivity index (χ3n) is 8.09. The first kappa shape index (κ1) is 32.6. The van der Waals surface area contributed by atoms with E-state index in [0.29, 0.717) is 32.0 Å². The van der Waals surface area contributed by atoms with Crippen LogP contribution in [-0.2, 0) is 27.1 Å². The van der Waals surface area contributed by atoms with Gasteiger partial charge in [0.2, 0.25) is 0 Å². The Morgan fingerprint density at radius 2 is 1.69 bits per heavy atom. The van der Waals surface area contributed by atoms with Gasteiger partial charge in [0.15, 0.2) is 0 Å². The molecule has 0 aliphatic carbocycles. The molecule has 8 nitrogen and oxygen atoms in total. The van der Waals surface area contributed by atoms with Crippen LogP contribution in [-0.4, -0.2) is 47.0 Å². The van der Waals surface area contributed by atoms with Gasteiger partial charge in [-0.05, 0) is 93.1 Å². The molecule has 0 bridgehead atoms. The smallest absolute Gasteiger partial charge is 0.416 e. The molecule has 246 valence electrons. The van der Waals surface area contributed by atoms with Crippen molar-refractivity contribution in [3.05, 3.63) is 120 Å². The van der Waals surface area contributed by atoms with Gasteiger partial charge in [0.1, 0.15) is 17.2 Å². The predicted molar refractivity (Wildman–Crippen MR) is 189 cm³/mol. The molecule has 0 spiro atoms. The summed E-state index contributed by atoms with van der Waals surface area (Å²) in [5, 5.41) is 0.975. The number of carbonyl (C=O) groups excluding carboxylic acids is 2. The van der Waals surface area contributed by atoms with Crippen LogP contribution in [0, 0.1) is 0 Å². The van der Waals surface area contributed by atoms with Crippen molar-refractivity contribution >= 4 is 34.5 Å². The lowest BCUT2D eigenvalue weighted by molar-refractivity contribution is -0.137. The number of esters is 1. The van der Waals surface area contributed by atoms with Crippen molar-refractivity contribution in [2.24, 2.45) is 0 Å². The van der Waals surface area contributed by atoms with E-state index in [2.05, 4.69) is 30.3 Å². The molecule has 48 heavy (non-hydrogen) atoms. The number of benzene rings is 3. The van der Waals surface area contributed by atoms with Crippen molar-refractivity contribution in [1.82, 2.24) is 9.55 Å². The topological polar surface area (TPSA) is 82.9 Å². The van der Waals surface area contributed by atoms with Gasteiger partial charge in [-0.3, -0.25) is 4.90 Å². The standard InChI is InChI=1S/C40H41N3O5/c1-5-46-37(44)27-36(30-15-13-29(14-16-30)28-10-7-6-8-11-28)42-24-21-32-26-34(19-20-35(32)42)47-25-22-33-18-17-31-12-9-23-43(38(31)41-33)39(45)48-40(2,3)4/h6-8,10-11,13-21,24,26-27H,5,9,12,22-23,25H2,1-4H3. The van der Waals surface area contributed by atoms with Crippen LogP contribution in [0.5, 0.6) is 5.75 Å². The normalized spacial score (nSPS) is 13.2. The first-order valence-electron chi connectivity index (χ1n) is 16.5. The summed E-state index contributed by atoms with van der Waals surface area (Å²) in [7, 11) is 0. The number of pyridine rings is 1. The van der Waals surface area contributed by atoms with Gasteiger partial charge >= 0.3 is 12.1 Å². The third kappa shape index (κ3) is 7.60. The van der Waals surface area contributed by atoms with Gasteiger partial charge in [-0.2, -0.15) is 0 Å². The quantitative estimate of drug-likeness (QED) is 0.118. The molecular weight excluding hydrogens is 602 g/mol. The van der Waals surface area contributed by atoms with Gasteiger partial charge in [0.25, 0.3) is 0 Å². The highest BCUT2D eigenvalue weighted by Crippen LogP contribution is 2.30. The molecule has 1 aliphatic rings. The van der Waals surface area contributed by atoms with Crippen LogP contribution in [0.3, 0.4) is 0 Å². The molecule has 5 aromatic rings. The van der Waals surface area contributed by atoms with Crippen LogP contribution in [0.4, 0.5) is 10.6 Å². The number of anilines is 1. The lowest BCUT2D eigenvalue weighted by atomic mass is 10.0. The number of fused-ring (bicyclic) bond motifs is 2. The van der Waals surface area contributed by atoms with Gasteiger partial charge in [0, 0.05) is 36.3 Å². The summed E-state index contributed by atoms with van der Waals surface area (Å²) in [5.74, 6) is 1.01. The zero-order chi connectivity index (χ0) is 33.7. The van der Waals surface area contributed by atoms with Crippen LogP contribution in [0.15, 0.2) is 103 Å². The molecule has 0 fully saturated rings. The summed E-state index contributed by atoms with van der Waals surface area (Å²) in [6.45, 7) is 8.71. The predicted octanol–water partition coefficient (Wildman–Crippen LogP) is 8.46. The van der Waals surface area contributed by atoms with Crippen LogP contribution in [0.25, 0.3) is 27.7 Å². The molecule has 1 amide bonds. The monoisotopic (exact) mass is 643 g/mol. The minimum absolute atomic E-state index is 0.297. The summed E-state index contributed by atoms with van der Waals surface area (Å²) in [4.78, 5) is 32.0. The van der Waals surface area contributed by atoms with Crippen LogP contribution in [0.1, 0.15) is 50.9 Å². The van der Waals surface area contributed by atoms with Crippen molar-refractivity contribution in [3.63, 3.8) is 0 Å². The first-order chi connectivity index (χ1) is 23.2. The largest absolute Gasteiger partial charge is 0.493 e. The summed E-state index contributed by atoms with van der Waals surface area (Å²) in [6.07, 6.45) is 5.47. The van der Waals surface area contributed by atoms with Crippen LogP contribution in [0.2, 0.25) is 0 Å². The molecule has 0 saturated carbocycles. The van der Waals surface area contributed by atoms with E-state index in [-0.39, 0.29) is 6.09 Å². The van der Waals surface area contributed by atoms with Gasteiger partial charge in [-0.15, -0.1) is 0 Å². The molecule has 0 N–H and O–H groups in total. The van der Waals surface area contributed by atoms with E-state index in [9.17, 15) is 9.59 Å². The Hall–Kier alpha value is -5.37. The Morgan fingerprint density at radius 1 is 0.917 bits per heavy atom. The first-order valence-corrected chi connectivity index (χ1v) is 16.5. The number of aryl methyl sites for hydroxylation is 1. The van der Waals surface area contributed by atoms with Gasteiger partial charge < -0.3 is 18.8 Å². The summed E-state index contributed by atoms with van der Waals surface area (Å²) < 4.78 is 19.1. The number of nitrogens with zero attached hydrogens (tertiary/aromatic N) is 3. The maximum Gasteiger partial charge on any atom is 0.416 e. The van der Waals surface area contributed by atoms with E-state index in [1.165, 1.54) is 0 Å². The van der Waals surface area contributed by atoms with E-state index < -0.39 is 11.6 Å². The number of hydrogen-bond acceptors (Lipinski definition) is 6. The lowest BCUT2D eigenvalue weighted by Crippen LogP contribution is -2.40. The van der Waals surface area contributed by atoms with E-state index in [4.69, 9.17) is 19.2 Å². The number of hydrogen-bond donors (Lipinski definition) is 0. The Balaban J connectivity index is 1.18. The van der Waals surface area contributed by atoms with Gasteiger partial charge in [-0.25, -0.2) is 14.6 Å². The maximum absolute atomic E-state index is 12.9. The molecule has 3 aromatic carbocycles. The zero-order valence-corrected chi connectivity index (χ0v) is 27.9. The second kappa shape index (κ2) is 14.2. The van der Waals surface area contributed by atoms with Gasteiger partial charge in [0.05, 0.1) is 24.4 Å². The van der Waals surface area contributed by atoms with E-state index >= 15 is 0 Å². The van der Waals surface area contributed by atoms with Crippen LogP contribution < -0.4 is 9.64 Å². The van der Waals surface area contributed by atoms with Crippen molar-refractivity contribution < 1.29 is 23.8 Å². The molecule has 1 aliphatic heterocycles. The second-order valence-electron chi connectivity index (χ2n) is 12.8. The maximum atomic E-state index is 12.9. The fraction of sp³-hybridized carbons (Fsp3) is 0.275. The number of rotatable bonds is 9. The zero-order valence-electron chi connectivity index (χ0n) is 27.9. The molecular formula is C40H41N3O5. The molecule has 8 heteroatoms. The van der Waals surface area contributed by atoms with Crippen molar-refractivity contribution in [1.29, 1.82) is 0 Å². The number of ether oxygens (including phenoxy) is 3. The summed E-state index contributed by atoms with van der Waals surface area (Å²) >= 11 is 0. The number of carbonyl (C=O) groups is 2. The third-order valence-corrected chi connectivity index (χ3v) is 8.09. The Kier molecular flexibility index (Phi) is 9.62. The molecule has 0 saturated heterocycles. The van der Waals surface area contributed by atoms with Crippen LogP contribution >= 0.6 is 0 Å². The number of amides is 1. The average molecular weight is 644 g/mol. The summed E-state index contributed by atoms with van der Waals surface area (Å²) in [5.41, 5.74) is 6.10. The van der Waals surface area contributed by atoms with E-state index in [1.54, 1.807) is 17.9 Å². The minimum Gasteiger partial charge on any atom is -0.493 e. The highest BCUT2D eigenvalue weighted by Gasteiger charge is 2.28. The highest BCUT2D eigenvalue weighted by atomic mass is 16.6. The Bertz CT molecular complexity index is 1940. The van der Waals surface area contributed by atoms with E-state index in [0.717, 1.165) is 63.1 Å². The summed E-state index contributed by atoms with van der Waals surface area (Å²) in [6, 6.07) is 30.4. The molecule has 6 rings (SSSR count). The molecule has 2 aromatic heterocycles. The highest BCUT2D eigenvalue weighted by molar-refractivity contribution is 5.95. The second-order valence-corrected chi connectivity index (χ2v) is 12.8. The Labute approximate surface area is 281 Å². The van der Waals surface area contributed by atoms with Crippen molar-refractivity contribution in [2.75, 3.05) is 24.7 Å². The van der Waals surface area contributed by atoms with Gasteiger partial charge in [-0.1, -0.05) is 60.7 Å². The molecule has 3 heterocycles. The molecule has 0 unspecified atom stereocenters. The number of aromatic nitrogens is 2. The average Bonchev–Trinajstić information content (AvgIpc) is 3.50.